The number of nitrogens with one attached hydrogen (secondary N) is 1. The van der Waals surface area contributed by atoms with Crippen LogP contribution in [0.15, 0.2) is 24.3 Å². The van der Waals surface area contributed by atoms with Crippen molar-refractivity contribution in [1.82, 2.24) is 10.2 Å². The molecule has 2 rings (SSSR count). The molecule has 1 aliphatic heterocycles. The average Bonchev–Trinajstić information content (AvgIpc) is 2.46. The van der Waals surface area contributed by atoms with Crippen molar-refractivity contribution in [3.63, 3.8) is 0 Å². The van der Waals surface area contributed by atoms with Crippen LogP contribution in [0.5, 0.6) is 0 Å². The number of rotatable bonds is 4. The monoisotopic (exact) mass is 308 g/mol. The molecule has 2 amide bonds. The normalized spacial score (nSPS) is 18.4. The zero-order chi connectivity index (χ0) is 15.2. The van der Waals surface area contributed by atoms with Crippen molar-refractivity contribution in [2.75, 3.05) is 13.1 Å². The number of amides is 2. The molecule has 1 atom stereocenters. The molecule has 0 bridgehead atoms. The molecule has 0 spiro atoms. The Morgan fingerprint density at radius 1 is 1.38 bits per heavy atom. The Labute approximate surface area is 130 Å². The van der Waals surface area contributed by atoms with Crippen molar-refractivity contribution in [1.29, 1.82) is 0 Å². The van der Waals surface area contributed by atoms with Crippen molar-refractivity contribution in [3.05, 3.63) is 34.9 Å². The zero-order valence-corrected chi connectivity index (χ0v) is 13.0. The van der Waals surface area contributed by atoms with E-state index in [-0.39, 0.29) is 18.2 Å². The fraction of sp³-hybridized carbons (Fsp3) is 0.500. The first-order valence-corrected chi connectivity index (χ1v) is 7.72. The lowest BCUT2D eigenvalue weighted by atomic mass is 10.00. The van der Waals surface area contributed by atoms with Gasteiger partial charge in [0.05, 0.1) is 0 Å². The molecule has 1 fully saturated rings. The van der Waals surface area contributed by atoms with Crippen molar-refractivity contribution in [3.8, 4) is 0 Å². The van der Waals surface area contributed by atoms with Crippen LogP contribution < -0.4 is 5.32 Å². The van der Waals surface area contributed by atoms with E-state index in [4.69, 9.17) is 11.6 Å². The molecule has 5 heteroatoms. The largest absolute Gasteiger partial charge is 0.352 e. The van der Waals surface area contributed by atoms with Gasteiger partial charge in [0.1, 0.15) is 6.42 Å². The minimum atomic E-state index is -0.252. The van der Waals surface area contributed by atoms with E-state index in [1.165, 1.54) is 0 Å². The third-order valence-corrected chi connectivity index (χ3v) is 4.12. The molecular formula is C16H21ClN2O2. The predicted octanol–water partition coefficient (Wildman–Crippen LogP) is 2.60. The van der Waals surface area contributed by atoms with Crippen LogP contribution in [0.3, 0.4) is 0 Å². The summed E-state index contributed by atoms with van der Waals surface area (Å²) in [6.07, 6.45) is 2.09. The number of piperidine rings is 1. The maximum Gasteiger partial charge on any atom is 0.232 e. The maximum atomic E-state index is 12.1. The lowest BCUT2D eigenvalue weighted by Gasteiger charge is -2.30. The number of halogens is 1. The van der Waals surface area contributed by atoms with E-state index in [2.05, 4.69) is 12.2 Å². The van der Waals surface area contributed by atoms with Crippen molar-refractivity contribution in [2.24, 2.45) is 5.92 Å². The summed E-state index contributed by atoms with van der Waals surface area (Å²) in [5.41, 5.74) is 0.853. The Hall–Kier alpha value is -1.55. The third-order valence-electron chi connectivity index (χ3n) is 3.76. The maximum absolute atomic E-state index is 12.1. The fourth-order valence-electron chi connectivity index (χ4n) is 2.56. The van der Waals surface area contributed by atoms with Crippen LogP contribution in [0, 0.1) is 5.92 Å². The number of benzene rings is 1. The minimum absolute atomic E-state index is 0.0850. The Balaban J connectivity index is 1.79. The predicted molar refractivity (Wildman–Crippen MR) is 82.9 cm³/mol. The molecule has 21 heavy (non-hydrogen) atoms. The van der Waals surface area contributed by atoms with Crippen LogP contribution in [0.1, 0.15) is 31.7 Å². The first kappa shape index (κ1) is 15.8. The first-order valence-electron chi connectivity index (χ1n) is 7.34. The van der Waals surface area contributed by atoms with Gasteiger partial charge >= 0.3 is 0 Å². The van der Waals surface area contributed by atoms with Crippen molar-refractivity contribution >= 4 is 23.4 Å². The van der Waals surface area contributed by atoms with Crippen LogP contribution >= 0.6 is 11.6 Å². The second kappa shape index (κ2) is 7.46. The molecule has 0 aromatic heterocycles. The number of hydrogen-bond acceptors (Lipinski definition) is 2. The minimum Gasteiger partial charge on any atom is -0.352 e. The summed E-state index contributed by atoms with van der Waals surface area (Å²) in [5.74, 6) is 0.185. The van der Waals surface area contributed by atoms with Gasteiger partial charge in [-0.05, 0) is 30.4 Å². The van der Waals surface area contributed by atoms with E-state index in [1.807, 2.05) is 18.2 Å². The SMILES string of the molecule is CC1CCCN(C(=O)CC(=O)NCc2ccccc2Cl)C1. The van der Waals surface area contributed by atoms with Gasteiger partial charge in [-0.1, -0.05) is 36.7 Å². The molecule has 0 radical (unpaired) electrons. The highest BCUT2D eigenvalue weighted by atomic mass is 35.5. The Bertz CT molecular complexity index is 519. The number of nitrogens with zero attached hydrogens (tertiary/aromatic N) is 1. The van der Waals surface area contributed by atoms with Gasteiger partial charge in [0, 0.05) is 24.7 Å². The van der Waals surface area contributed by atoms with Gasteiger partial charge in [-0.3, -0.25) is 9.59 Å². The average molecular weight is 309 g/mol. The summed E-state index contributed by atoms with van der Waals surface area (Å²) >= 11 is 6.02. The molecule has 1 N–H and O–H groups in total. The van der Waals surface area contributed by atoms with Crippen LogP contribution in [0.2, 0.25) is 5.02 Å². The second-order valence-electron chi connectivity index (χ2n) is 5.63. The quantitative estimate of drug-likeness (QED) is 0.869. The van der Waals surface area contributed by atoms with Crippen molar-refractivity contribution in [2.45, 2.75) is 32.7 Å². The topological polar surface area (TPSA) is 49.4 Å². The van der Waals surface area contributed by atoms with Crippen LogP contribution in [-0.2, 0) is 16.1 Å². The van der Waals surface area contributed by atoms with Gasteiger partial charge in [-0.15, -0.1) is 0 Å². The summed E-state index contributed by atoms with van der Waals surface area (Å²) in [6.45, 7) is 4.01. The lowest BCUT2D eigenvalue weighted by molar-refractivity contribution is -0.137. The van der Waals surface area contributed by atoms with Crippen LogP contribution in [0.4, 0.5) is 0 Å². The molecule has 0 aliphatic carbocycles. The molecule has 1 aromatic rings. The summed E-state index contributed by atoms with van der Waals surface area (Å²) in [7, 11) is 0. The van der Waals surface area contributed by atoms with Gasteiger partial charge in [-0.2, -0.15) is 0 Å². The third kappa shape index (κ3) is 4.74. The molecular weight excluding hydrogens is 288 g/mol. The second-order valence-corrected chi connectivity index (χ2v) is 6.04. The highest BCUT2D eigenvalue weighted by molar-refractivity contribution is 6.31. The van der Waals surface area contributed by atoms with E-state index in [1.54, 1.807) is 11.0 Å². The van der Waals surface area contributed by atoms with Gasteiger partial charge in [0.25, 0.3) is 0 Å². The Morgan fingerprint density at radius 2 is 2.14 bits per heavy atom. The molecule has 114 valence electrons. The van der Waals surface area contributed by atoms with Gasteiger partial charge in [0.15, 0.2) is 0 Å². The highest BCUT2D eigenvalue weighted by Crippen LogP contribution is 2.16. The number of likely N-dealkylation sites (tertiary alicyclic amines) is 1. The summed E-state index contributed by atoms with van der Waals surface area (Å²) < 4.78 is 0. The van der Waals surface area contributed by atoms with Crippen LogP contribution in [-0.4, -0.2) is 29.8 Å². The van der Waals surface area contributed by atoms with E-state index >= 15 is 0 Å². The summed E-state index contributed by atoms with van der Waals surface area (Å²) in [4.78, 5) is 25.7. The molecule has 1 saturated heterocycles. The lowest BCUT2D eigenvalue weighted by Crippen LogP contribution is -2.41. The summed E-state index contributed by atoms with van der Waals surface area (Å²) in [6, 6.07) is 7.35. The molecule has 1 heterocycles. The molecule has 0 saturated carbocycles. The van der Waals surface area contributed by atoms with E-state index in [0.717, 1.165) is 31.5 Å². The fourth-order valence-corrected chi connectivity index (χ4v) is 2.77. The molecule has 1 aromatic carbocycles. The molecule has 4 nitrogen and oxygen atoms in total. The van der Waals surface area contributed by atoms with Gasteiger partial charge in [-0.25, -0.2) is 0 Å². The Morgan fingerprint density at radius 3 is 2.86 bits per heavy atom. The number of hydrogen-bond donors (Lipinski definition) is 1. The number of carbonyl (C=O) groups is 2. The van der Waals surface area contributed by atoms with E-state index < -0.39 is 0 Å². The molecule has 1 unspecified atom stereocenters. The van der Waals surface area contributed by atoms with Crippen molar-refractivity contribution < 1.29 is 9.59 Å². The smallest absolute Gasteiger partial charge is 0.232 e. The van der Waals surface area contributed by atoms with Gasteiger partial charge in [0.2, 0.25) is 11.8 Å². The standard InChI is InChI=1S/C16H21ClN2O2/c1-12-5-4-8-19(11-12)16(21)9-15(20)18-10-13-6-2-3-7-14(13)17/h2-3,6-7,12H,4-5,8-11H2,1H3,(H,18,20). The van der Waals surface area contributed by atoms with Gasteiger partial charge < -0.3 is 10.2 Å². The number of carbonyl (C=O) groups excluding carboxylic acids is 2. The van der Waals surface area contributed by atoms with Crippen LogP contribution in [0.25, 0.3) is 0 Å². The van der Waals surface area contributed by atoms with E-state index in [0.29, 0.717) is 17.5 Å². The summed E-state index contributed by atoms with van der Waals surface area (Å²) in [5, 5.41) is 3.37. The van der Waals surface area contributed by atoms with E-state index in [9.17, 15) is 9.59 Å². The first-order chi connectivity index (χ1) is 10.1. The Kier molecular flexibility index (Phi) is 5.62. The highest BCUT2D eigenvalue weighted by Gasteiger charge is 2.22. The molecule has 1 aliphatic rings. The zero-order valence-electron chi connectivity index (χ0n) is 12.3.